The van der Waals surface area contributed by atoms with Crippen molar-refractivity contribution in [3.05, 3.63) is 24.3 Å². The Morgan fingerprint density at radius 3 is 1.27 bits per heavy atom. The van der Waals surface area contributed by atoms with Crippen LogP contribution in [0.25, 0.3) is 0 Å². The van der Waals surface area contributed by atoms with Gasteiger partial charge in [0.05, 0.1) is 6.61 Å². The molecule has 0 heterocycles. The Balaban J connectivity index is 4.00. The van der Waals surface area contributed by atoms with Gasteiger partial charge in [-0.1, -0.05) is 141 Å². The Kier molecular flexibility index (Phi) is 35.3. The molecule has 282 valence electrons. The van der Waals surface area contributed by atoms with Gasteiger partial charge in [-0.05, 0) is 64.2 Å². The van der Waals surface area contributed by atoms with Crippen molar-refractivity contribution in [3.8, 4) is 0 Å². The molecule has 0 unspecified atom stereocenters. The number of esters is 2. The molecule has 0 aromatic carbocycles. The maximum atomic E-state index is 12.4. The van der Waals surface area contributed by atoms with E-state index in [1.165, 1.54) is 89.9 Å². The summed E-state index contributed by atoms with van der Waals surface area (Å²) in [6, 6.07) is 0. The van der Waals surface area contributed by atoms with Crippen LogP contribution < -0.4 is 0 Å². The topological polar surface area (TPSA) is 113 Å². The van der Waals surface area contributed by atoms with Crippen LogP contribution >= 0.6 is 0 Å². The summed E-state index contributed by atoms with van der Waals surface area (Å²) in [6.07, 6.45) is 35.9. The number of aliphatic hydroxyl groups excluding tert-OH is 3. The third-order valence-electron chi connectivity index (χ3n) is 8.94. The van der Waals surface area contributed by atoms with Crippen molar-refractivity contribution < 1.29 is 34.4 Å². The number of carbonyl (C=O) groups excluding carboxylic acids is 2. The predicted molar refractivity (Wildman–Crippen MR) is 199 cm³/mol. The molecular weight excluding hydrogens is 604 g/mol. The van der Waals surface area contributed by atoms with E-state index >= 15 is 0 Å². The van der Waals surface area contributed by atoms with E-state index in [0.717, 1.165) is 64.2 Å². The van der Waals surface area contributed by atoms with Gasteiger partial charge in [-0.15, -0.1) is 0 Å². The SMILES string of the molecule is CCCCCCCCC=CCCCCCCCC(=O)OC[C@H](OC(=O)CCCCCCCC=CCCCCCCCC)[C@@H](O)[C@H](O)CO. The van der Waals surface area contributed by atoms with E-state index in [1.54, 1.807) is 0 Å². The van der Waals surface area contributed by atoms with Gasteiger partial charge in [0.1, 0.15) is 18.8 Å². The third kappa shape index (κ3) is 31.6. The van der Waals surface area contributed by atoms with Gasteiger partial charge in [-0.2, -0.15) is 0 Å². The first-order chi connectivity index (χ1) is 23.5. The van der Waals surface area contributed by atoms with E-state index in [1.807, 2.05) is 0 Å². The second-order valence-corrected chi connectivity index (χ2v) is 13.6. The summed E-state index contributed by atoms with van der Waals surface area (Å²) in [5.41, 5.74) is 0. The van der Waals surface area contributed by atoms with Crippen LogP contribution in [0.3, 0.4) is 0 Å². The molecule has 48 heavy (non-hydrogen) atoms. The summed E-state index contributed by atoms with van der Waals surface area (Å²) in [4.78, 5) is 24.7. The molecule has 0 spiro atoms. The quantitative estimate of drug-likeness (QED) is 0.0343. The molecule has 0 radical (unpaired) electrons. The normalized spacial score (nSPS) is 13.7. The number of ether oxygens (including phenoxy) is 2. The minimum absolute atomic E-state index is 0.194. The number of aliphatic hydroxyl groups is 3. The molecule has 0 saturated carbocycles. The van der Waals surface area contributed by atoms with Crippen LogP contribution in [0.4, 0.5) is 0 Å². The lowest BCUT2D eigenvalue weighted by atomic mass is 10.1. The molecule has 3 atom stereocenters. The van der Waals surface area contributed by atoms with Gasteiger partial charge in [0.15, 0.2) is 6.10 Å². The molecular formula is C41H76O7. The summed E-state index contributed by atoms with van der Waals surface area (Å²) in [5.74, 6) is -0.924. The van der Waals surface area contributed by atoms with Crippen molar-refractivity contribution in [2.75, 3.05) is 13.2 Å². The Labute approximate surface area is 295 Å². The fourth-order valence-corrected chi connectivity index (χ4v) is 5.71. The standard InChI is InChI=1S/C41H76O7/c1-3-5-7-9-11-13-15-17-19-21-23-25-27-29-31-33-39(44)47-36-38(41(46)37(43)35-42)48-40(45)34-32-30-28-26-24-22-20-18-16-14-12-10-8-6-4-2/h17-20,37-38,41-43,46H,3-16,21-36H2,1-2H3/t37-,38+,41+/m1/s1. The second-order valence-electron chi connectivity index (χ2n) is 13.6. The summed E-state index contributed by atoms with van der Waals surface area (Å²) < 4.78 is 10.7. The van der Waals surface area contributed by atoms with Gasteiger partial charge in [-0.25, -0.2) is 0 Å². The molecule has 0 aliphatic rings. The average molecular weight is 681 g/mol. The largest absolute Gasteiger partial charge is 0.462 e. The number of allylic oxidation sites excluding steroid dienone is 4. The lowest BCUT2D eigenvalue weighted by molar-refractivity contribution is -0.173. The van der Waals surface area contributed by atoms with Crippen LogP contribution in [0, 0.1) is 0 Å². The Bertz CT molecular complexity index is 766. The van der Waals surface area contributed by atoms with Gasteiger partial charge >= 0.3 is 11.9 Å². The molecule has 7 nitrogen and oxygen atoms in total. The second kappa shape index (κ2) is 36.6. The summed E-state index contributed by atoms with van der Waals surface area (Å²) >= 11 is 0. The Hall–Kier alpha value is -1.70. The van der Waals surface area contributed by atoms with Crippen molar-refractivity contribution in [3.63, 3.8) is 0 Å². The minimum Gasteiger partial charge on any atom is -0.462 e. The average Bonchev–Trinajstić information content (AvgIpc) is 3.09. The maximum Gasteiger partial charge on any atom is 0.306 e. The Morgan fingerprint density at radius 2 is 0.875 bits per heavy atom. The van der Waals surface area contributed by atoms with E-state index in [4.69, 9.17) is 9.47 Å². The first-order valence-electron chi connectivity index (χ1n) is 20.1. The fraction of sp³-hybridized carbons (Fsp3) is 0.854. The van der Waals surface area contributed by atoms with Gasteiger partial charge in [0, 0.05) is 12.8 Å². The zero-order chi connectivity index (χ0) is 35.3. The highest BCUT2D eigenvalue weighted by atomic mass is 16.6. The van der Waals surface area contributed by atoms with Gasteiger partial charge in [0.2, 0.25) is 0 Å². The van der Waals surface area contributed by atoms with E-state index in [2.05, 4.69) is 38.2 Å². The fourth-order valence-electron chi connectivity index (χ4n) is 5.71. The zero-order valence-corrected chi connectivity index (χ0v) is 31.2. The van der Waals surface area contributed by atoms with Gasteiger partial charge in [0.25, 0.3) is 0 Å². The van der Waals surface area contributed by atoms with Gasteiger partial charge in [-0.3, -0.25) is 9.59 Å². The van der Waals surface area contributed by atoms with Crippen molar-refractivity contribution >= 4 is 11.9 Å². The first kappa shape index (κ1) is 46.3. The maximum absolute atomic E-state index is 12.4. The number of rotatable bonds is 36. The van der Waals surface area contributed by atoms with Crippen LogP contribution in [-0.4, -0.2) is 58.8 Å². The van der Waals surface area contributed by atoms with Crippen LogP contribution in [0.5, 0.6) is 0 Å². The highest BCUT2D eigenvalue weighted by Gasteiger charge is 2.30. The molecule has 0 fully saturated rings. The Morgan fingerprint density at radius 1 is 0.521 bits per heavy atom. The molecule has 0 saturated heterocycles. The highest BCUT2D eigenvalue weighted by Crippen LogP contribution is 2.14. The molecule has 0 aromatic heterocycles. The molecule has 0 amide bonds. The van der Waals surface area contributed by atoms with Crippen molar-refractivity contribution in [1.82, 2.24) is 0 Å². The molecule has 0 rings (SSSR count). The molecule has 7 heteroatoms. The van der Waals surface area contributed by atoms with Crippen LogP contribution in [0.1, 0.15) is 194 Å². The van der Waals surface area contributed by atoms with Crippen LogP contribution in [-0.2, 0) is 19.1 Å². The minimum atomic E-state index is -1.54. The van der Waals surface area contributed by atoms with Gasteiger partial charge < -0.3 is 24.8 Å². The molecule has 3 N–H and O–H groups in total. The van der Waals surface area contributed by atoms with Crippen LogP contribution in [0.2, 0.25) is 0 Å². The first-order valence-corrected chi connectivity index (χ1v) is 20.1. The predicted octanol–water partition coefficient (Wildman–Crippen LogP) is 10.2. The highest BCUT2D eigenvalue weighted by molar-refractivity contribution is 5.70. The number of carbonyl (C=O) groups is 2. The van der Waals surface area contributed by atoms with Crippen molar-refractivity contribution in [2.45, 2.75) is 212 Å². The molecule has 0 aliphatic heterocycles. The van der Waals surface area contributed by atoms with Crippen molar-refractivity contribution in [1.29, 1.82) is 0 Å². The smallest absolute Gasteiger partial charge is 0.306 e. The van der Waals surface area contributed by atoms with E-state index in [9.17, 15) is 24.9 Å². The number of hydrogen-bond acceptors (Lipinski definition) is 7. The molecule has 0 aromatic rings. The lowest BCUT2D eigenvalue weighted by Crippen LogP contribution is -2.44. The monoisotopic (exact) mass is 681 g/mol. The number of unbranched alkanes of at least 4 members (excludes halogenated alkanes) is 22. The van der Waals surface area contributed by atoms with Crippen molar-refractivity contribution in [2.24, 2.45) is 0 Å². The molecule has 0 bridgehead atoms. The van der Waals surface area contributed by atoms with Crippen LogP contribution in [0.15, 0.2) is 24.3 Å². The summed E-state index contributed by atoms with van der Waals surface area (Å²) in [6.45, 7) is 3.46. The molecule has 0 aliphatic carbocycles. The summed E-state index contributed by atoms with van der Waals surface area (Å²) in [5, 5.41) is 29.5. The van der Waals surface area contributed by atoms with E-state index in [-0.39, 0.29) is 19.4 Å². The summed E-state index contributed by atoms with van der Waals surface area (Å²) in [7, 11) is 0. The zero-order valence-electron chi connectivity index (χ0n) is 31.2. The third-order valence-corrected chi connectivity index (χ3v) is 8.94. The number of hydrogen-bond donors (Lipinski definition) is 3. The van der Waals surface area contributed by atoms with E-state index < -0.39 is 36.9 Å². The lowest BCUT2D eigenvalue weighted by Gasteiger charge is -2.25. The van der Waals surface area contributed by atoms with E-state index in [0.29, 0.717) is 12.8 Å².